The van der Waals surface area contributed by atoms with Gasteiger partial charge in [-0.15, -0.1) is 0 Å². The lowest BCUT2D eigenvalue weighted by atomic mass is 10.2. The van der Waals surface area contributed by atoms with Gasteiger partial charge < -0.3 is 9.84 Å². The minimum Gasteiger partial charge on any atom is -0.481 e. The van der Waals surface area contributed by atoms with Crippen molar-refractivity contribution < 1.29 is 24.3 Å². The first-order chi connectivity index (χ1) is 7.24. The van der Waals surface area contributed by atoms with Gasteiger partial charge in [-0.3, -0.25) is 9.63 Å². The van der Waals surface area contributed by atoms with Crippen LogP contribution in [-0.4, -0.2) is 28.9 Å². The number of hydrogen-bond acceptors (Lipinski definition) is 4. The fraction of sp³-hybridized carbons (Fsp3) is 0.800. The minimum atomic E-state index is -0.974. The van der Waals surface area contributed by atoms with Gasteiger partial charge in [0.05, 0.1) is 12.5 Å². The number of nitrogens with one attached hydrogen (secondary N) is 1. The first kappa shape index (κ1) is 14.7. The van der Waals surface area contributed by atoms with Crippen LogP contribution in [0, 0.1) is 0 Å². The molecule has 0 aromatic heterocycles. The molecule has 0 aromatic rings. The normalized spacial score (nSPS) is 13.0. The third-order valence-corrected chi connectivity index (χ3v) is 1.57. The van der Waals surface area contributed by atoms with Crippen molar-refractivity contribution in [2.24, 2.45) is 0 Å². The lowest BCUT2D eigenvalue weighted by Crippen LogP contribution is -2.35. The van der Waals surface area contributed by atoms with Gasteiger partial charge in [0.2, 0.25) is 0 Å². The lowest BCUT2D eigenvalue weighted by Gasteiger charge is -2.20. The summed E-state index contributed by atoms with van der Waals surface area (Å²) >= 11 is 0. The maximum Gasteiger partial charge on any atom is 0.431 e. The molecule has 2 N–H and O–H groups in total. The van der Waals surface area contributed by atoms with E-state index in [0.717, 1.165) is 0 Å². The maximum absolute atomic E-state index is 11.2. The Morgan fingerprint density at radius 1 is 1.38 bits per heavy atom. The SMILES string of the molecule is CCC(CC(=O)O)ONC(=O)OC(C)(C)C. The van der Waals surface area contributed by atoms with Crippen molar-refractivity contribution in [1.29, 1.82) is 0 Å². The number of amides is 1. The van der Waals surface area contributed by atoms with Crippen molar-refractivity contribution in [1.82, 2.24) is 5.48 Å². The van der Waals surface area contributed by atoms with E-state index in [9.17, 15) is 9.59 Å². The van der Waals surface area contributed by atoms with E-state index in [1.54, 1.807) is 27.7 Å². The molecule has 0 radical (unpaired) electrons. The Labute approximate surface area is 94.9 Å². The molecule has 1 amide bonds. The van der Waals surface area contributed by atoms with Gasteiger partial charge in [-0.25, -0.2) is 4.79 Å². The van der Waals surface area contributed by atoms with E-state index in [0.29, 0.717) is 6.42 Å². The van der Waals surface area contributed by atoms with Crippen molar-refractivity contribution in [2.75, 3.05) is 0 Å². The van der Waals surface area contributed by atoms with E-state index in [1.807, 2.05) is 0 Å². The number of carboxylic acids is 1. The number of carbonyl (C=O) groups excluding carboxylic acids is 1. The quantitative estimate of drug-likeness (QED) is 0.706. The Hall–Kier alpha value is -1.30. The highest BCUT2D eigenvalue weighted by molar-refractivity contribution is 5.68. The van der Waals surface area contributed by atoms with Crippen LogP contribution in [0.25, 0.3) is 0 Å². The van der Waals surface area contributed by atoms with Crippen LogP contribution in [0.2, 0.25) is 0 Å². The highest BCUT2D eigenvalue weighted by atomic mass is 16.7. The van der Waals surface area contributed by atoms with Crippen molar-refractivity contribution in [3.05, 3.63) is 0 Å². The first-order valence-electron chi connectivity index (χ1n) is 5.11. The molecule has 1 atom stereocenters. The molecule has 0 bridgehead atoms. The Bertz CT molecular complexity index is 246. The summed E-state index contributed by atoms with van der Waals surface area (Å²) in [5.41, 5.74) is 1.46. The molecule has 0 aliphatic rings. The second-order valence-electron chi connectivity index (χ2n) is 4.35. The molecule has 0 aromatic carbocycles. The predicted octanol–water partition coefficient (Wildman–Crippen LogP) is 1.70. The average molecular weight is 233 g/mol. The number of carbonyl (C=O) groups is 2. The standard InChI is InChI=1S/C10H19NO5/c1-5-7(6-8(12)13)16-11-9(14)15-10(2,3)4/h7H,5-6H2,1-4H3,(H,11,14)(H,12,13). The monoisotopic (exact) mass is 233 g/mol. The van der Waals surface area contributed by atoms with Crippen LogP contribution in [0.1, 0.15) is 40.5 Å². The van der Waals surface area contributed by atoms with Crippen molar-refractivity contribution in [3.8, 4) is 0 Å². The molecule has 0 rings (SSSR count). The van der Waals surface area contributed by atoms with Crippen molar-refractivity contribution >= 4 is 12.1 Å². The van der Waals surface area contributed by atoms with Crippen LogP contribution in [-0.2, 0) is 14.4 Å². The zero-order valence-corrected chi connectivity index (χ0v) is 10.1. The van der Waals surface area contributed by atoms with Gasteiger partial charge in [-0.05, 0) is 27.2 Å². The molecule has 0 aliphatic carbocycles. The zero-order chi connectivity index (χ0) is 12.8. The summed E-state index contributed by atoms with van der Waals surface area (Å²) < 4.78 is 4.92. The lowest BCUT2D eigenvalue weighted by molar-refractivity contribution is -0.142. The molecular weight excluding hydrogens is 214 g/mol. The maximum atomic E-state index is 11.2. The molecule has 0 heterocycles. The van der Waals surface area contributed by atoms with Gasteiger partial charge in [0.1, 0.15) is 5.60 Å². The van der Waals surface area contributed by atoms with E-state index in [4.69, 9.17) is 14.7 Å². The third-order valence-electron chi connectivity index (χ3n) is 1.57. The molecular formula is C10H19NO5. The summed E-state index contributed by atoms with van der Waals surface area (Å²) in [5, 5.41) is 8.54. The van der Waals surface area contributed by atoms with Gasteiger partial charge >= 0.3 is 12.1 Å². The fourth-order valence-corrected chi connectivity index (χ4v) is 0.894. The average Bonchev–Trinajstić information content (AvgIpc) is 2.08. The molecule has 16 heavy (non-hydrogen) atoms. The topological polar surface area (TPSA) is 84.9 Å². The number of hydroxylamine groups is 1. The molecule has 0 saturated carbocycles. The Balaban J connectivity index is 3.93. The molecule has 6 heteroatoms. The summed E-state index contributed by atoms with van der Waals surface area (Å²) in [7, 11) is 0. The zero-order valence-electron chi connectivity index (χ0n) is 10.1. The minimum absolute atomic E-state index is 0.160. The number of aliphatic carboxylic acids is 1. The number of carboxylic acid groups (broad SMARTS) is 1. The second kappa shape index (κ2) is 6.32. The number of ether oxygens (including phenoxy) is 1. The molecule has 0 aliphatic heterocycles. The highest BCUT2D eigenvalue weighted by Gasteiger charge is 2.18. The Kier molecular flexibility index (Phi) is 5.81. The van der Waals surface area contributed by atoms with Crippen LogP contribution >= 0.6 is 0 Å². The van der Waals surface area contributed by atoms with E-state index in [-0.39, 0.29) is 6.42 Å². The van der Waals surface area contributed by atoms with Crippen LogP contribution in [0.3, 0.4) is 0 Å². The Morgan fingerprint density at radius 3 is 2.31 bits per heavy atom. The van der Waals surface area contributed by atoms with Crippen LogP contribution in [0.15, 0.2) is 0 Å². The van der Waals surface area contributed by atoms with E-state index in [1.165, 1.54) is 0 Å². The van der Waals surface area contributed by atoms with Crippen LogP contribution < -0.4 is 5.48 Å². The number of rotatable bonds is 5. The van der Waals surface area contributed by atoms with Crippen molar-refractivity contribution in [3.63, 3.8) is 0 Å². The molecule has 0 saturated heterocycles. The van der Waals surface area contributed by atoms with E-state index >= 15 is 0 Å². The number of hydrogen-bond donors (Lipinski definition) is 2. The summed E-state index contributed by atoms with van der Waals surface area (Å²) in [4.78, 5) is 26.5. The van der Waals surface area contributed by atoms with Gasteiger partial charge in [-0.2, -0.15) is 5.48 Å². The summed E-state index contributed by atoms with van der Waals surface area (Å²) in [6.45, 7) is 6.94. The summed E-state index contributed by atoms with van der Waals surface area (Å²) in [6.07, 6.45) is -0.949. The van der Waals surface area contributed by atoms with Crippen LogP contribution in [0.5, 0.6) is 0 Å². The van der Waals surface area contributed by atoms with Gasteiger partial charge in [0.25, 0.3) is 0 Å². The van der Waals surface area contributed by atoms with E-state index in [2.05, 4.69) is 5.48 Å². The second-order valence-corrected chi connectivity index (χ2v) is 4.35. The smallest absolute Gasteiger partial charge is 0.431 e. The van der Waals surface area contributed by atoms with Gasteiger partial charge in [0, 0.05) is 0 Å². The highest BCUT2D eigenvalue weighted by Crippen LogP contribution is 2.07. The largest absolute Gasteiger partial charge is 0.481 e. The molecule has 0 fully saturated rings. The third kappa shape index (κ3) is 8.05. The molecule has 0 spiro atoms. The summed E-state index contributed by atoms with van der Waals surface area (Å²) in [6, 6.07) is 0. The van der Waals surface area contributed by atoms with Crippen LogP contribution in [0.4, 0.5) is 4.79 Å². The molecule has 1 unspecified atom stereocenters. The van der Waals surface area contributed by atoms with E-state index < -0.39 is 23.8 Å². The first-order valence-corrected chi connectivity index (χ1v) is 5.11. The molecule has 94 valence electrons. The Morgan fingerprint density at radius 2 is 1.94 bits per heavy atom. The van der Waals surface area contributed by atoms with Gasteiger partial charge in [-0.1, -0.05) is 6.92 Å². The summed E-state index contributed by atoms with van der Waals surface area (Å²) in [5.74, 6) is -0.974. The van der Waals surface area contributed by atoms with Gasteiger partial charge in [0.15, 0.2) is 0 Å². The predicted molar refractivity (Wildman–Crippen MR) is 56.8 cm³/mol. The molecule has 6 nitrogen and oxygen atoms in total. The fourth-order valence-electron chi connectivity index (χ4n) is 0.894. The van der Waals surface area contributed by atoms with Crippen molar-refractivity contribution in [2.45, 2.75) is 52.2 Å².